The average molecular weight is 239 g/mol. The molecule has 1 aromatic rings. The molecule has 0 aliphatic carbocycles. The second kappa shape index (κ2) is 5.31. The van der Waals surface area contributed by atoms with E-state index in [1.807, 2.05) is 26.8 Å². The molecule has 5 nitrogen and oxygen atoms in total. The molecule has 1 amide bonds. The molecule has 0 aliphatic rings. The fraction of sp³-hybridized carbons (Fsp3) is 0.667. The molecule has 1 heterocycles. The number of likely N-dealkylation sites (N-methyl/N-ethyl adjacent to an activating group) is 1. The summed E-state index contributed by atoms with van der Waals surface area (Å²) in [6, 6.07) is 1.82. The summed E-state index contributed by atoms with van der Waals surface area (Å²) in [5.41, 5.74) is 6.04. The van der Waals surface area contributed by atoms with Crippen LogP contribution in [0.4, 0.5) is 0 Å². The van der Waals surface area contributed by atoms with Crippen LogP contribution in [-0.4, -0.2) is 28.6 Å². The van der Waals surface area contributed by atoms with E-state index in [2.05, 4.69) is 5.16 Å². The van der Waals surface area contributed by atoms with Gasteiger partial charge in [-0.05, 0) is 19.8 Å². The van der Waals surface area contributed by atoms with Crippen molar-refractivity contribution in [1.29, 1.82) is 0 Å². The van der Waals surface area contributed by atoms with Gasteiger partial charge >= 0.3 is 0 Å². The first-order valence-corrected chi connectivity index (χ1v) is 5.89. The Labute approximate surface area is 102 Å². The maximum atomic E-state index is 12.2. The minimum Gasteiger partial charge on any atom is -0.361 e. The Kier molecular flexibility index (Phi) is 4.28. The highest BCUT2D eigenvalue weighted by atomic mass is 16.5. The summed E-state index contributed by atoms with van der Waals surface area (Å²) in [6.07, 6.45) is 1.26. The number of amides is 1. The highest BCUT2D eigenvalue weighted by Crippen LogP contribution is 2.16. The lowest BCUT2D eigenvalue weighted by atomic mass is 9.92. The van der Waals surface area contributed by atoms with Crippen molar-refractivity contribution in [2.75, 3.05) is 7.05 Å². The highest BCUT2D eigenvalue weighted by molar-refractivity contribution is 5.85. The van der Waals surface area contributed by atoms with Gasteiger partial charge in [-0.2, -0.15) is 0 Å². The van der Waals surface area contributed by atoms with Gasteiger partial charge in [0.15, 0.2) is 0 Å². The molecule has 1 rings (SSSR count). The van der Waals surface area contributed by atoms with Crippen molar-refractivity contribution < 1.29 is 9.32 Å². The van der Waals surface area contributed by atoms with Crippen molar-refractivity contribution in [2.24, 2.45) is 5.73 Å². The Morgan fingerprint density at radius 2 is 2.12 bits per heavy atom. The van der Waals surface area contributed by atoms with Crippen molar-refractivity contribution in [2.45, 2.75) is 45.7 Å². The Hall–Kier alpha value is -1.36. The molecule has 0 bridgehead atoms. The average Bonchev–Trinajstić information content (AvgIpc) is 2.72. The van der Waals surface area contributed by atoms with Crippen LogP contribution in [0.25, 0.3) is 0 Å². The van der Waals surface area contributed by atoms with Gasteiger partial charge in [0.25, 0.3) is 0 Å². The molecule has 5 heteroatoms. The maximum absolute atomic E-state index is 12.2. The number of carbonyl (C=O) groups excluding carboxylic acids is 1. The molecule has 17 heavy (non-hydrogen) atoms. The summed E-state index contributed by atoms with van der Waals surface area (Å²) < 4.78 is 4.96. The molecule has 0 unspecified atom stereocenters. The van der Waals surface area contributed by atoms with Gasteiger partial charge in [-0.3, -0.25) is 4.79 Å². The molecule has 96 valence electrons. The van der Waals surface area contributed by atoms with Crippen LogP contribution in [0, 0.1) is 6.92 Å². The Bertz CT molecular complexity index is 383. The number of nitrogens with two attached hydrogens (primary N) is 1. The fourth-order valence-corrected chi connectivity index (χ4v) is 1.74. The number of aryl methyl sites for hydroxylation is 1. The molecule has 0 saturated heterocycles. The van der Waals surface area contributed by atoms with E-state index in [0.29, 0.717) is 19.4 Å². The van der Waals surface area contributed by atoms with Gasteiger partial charge in [-0.1, -0.05) is 19.0 Å². The summed E-state index contributed by atoms with van der Waals surface area (Å²) in [4.78, 5) is 13.8. The normalized spacial score (nSPS) is 11.6. The number of carbonyl (C=O) groups is 1. The smallest absolute Gasteiger partial charge is 0.242 e. The van der Waals surface area contributed by atoms with E-state index in [4.69, 9.17) is 10.3 Å². The van der Waals surface area contributed by atoms with Crippen LogP contribution in [0.3, 0.4) is 0 Å². The van der Waals surface area contributed by atoms with E-state index in [-0.39, 0.29) is 5.91 Å². The van der Waals surface area contributed by atoms with E-state index in [1.165, 1.54) is 0 Å². The van der Waals surface area contributed by atoms with Crippen molar-refractivity contribution >= 4 is 5.91 Å². The highest BCUT2D eigenvalue weighted by Gasteiger charge is 2.32. The zero-order valence-electron chi connectivity index (χ0n) is 11.0. The lowest BCUT2D eigenvalue weighted by Gasteiger charge is -2.30. The van der Waals surface area contributed by atoms with Crippen LogP contribution in [0.2, 0.25) is 0 Å². The van der Waals surface area contributed by atoms with Crippen LogP contribution in [-0.2, 0) is 11.3 Å². The van der Waals surface area contributed by atoms with Crippen LogP contribution >= 0.6 is 0 Å². The molecule has 0 fully saturated rings. The first-order chi connectivity index (χ1) is 7.92. The van der Waals surface area contributed by atoms with Gasteiger partial charge in [0.1, 0.15) is 11.5 Å². The van der Waals surface area contributed by atoms with Crippen molar-refractivity contribution in [1.82, 2.24) is 10.1 Å². The second-order valence-electron chi connectivity index (χ2n) is 4.45. The zero-order chi connectivity index (χ0) is 13.1. The zero-order valence-corrected chi connectivity index (χ0v) is 11.0. The second-order valence-corrected chi connectivity index (χ2v) is 4.45. The van der Waals surface area contributed by atoms with E-state index in [1.54, 1.807) is 11.9 Å². The Balaban J connectivity index is 2.70. The summed E-state index contributed by atoms with van der Waals surface area (Å²) in [5, 5.41) is 3.86. The fourth-order valence-electron chi connectivity index (χ4n) is 1.74. The van der Waals surface area contributed by atoms with E-state index in [9.17, 15) is 4.79 Å². The van der Waals surface area contributed by atoms with Crippen LogP contribution in [0.5, 0.6) is 0 Å². The molecule has 0 aromatic carbocycles. The van der Waals surface area contributed by atoms with Crippen LogP contribution in [0.15, 0.2) is 10.6 Å². The first-order valence-electron chi connectivity index (χ1n) is 5.89. The minimum absolute atomic E-state index is 0.0526. The van der Waals surface area contributed by atoms with E-state index < -0.39 is 5.54 Å². The number of hydrogen-bond donors (Lipinski definition) is 1. The maximum Gasteiger partial charge on any atom is 0.242 e. The summed E-state index contributed by atoms with van der Waals surface area (Å²) in [6.45, 7) is 6.10. The van der Waals surface area contributed by atoms with Gasteiger partial charge in [0, 0.05) is 13.1 Å². The predicted molar refractivity (Wildman–Crippen MR) is 65.2 cm³/mol. The monoisotopic (exact) mass is 239 g/mol. The van der Waals surface area contributed by atoms with Gasteiger partial charge in [-0.25, -0.2) is 0 Å². The van der Waals surface area contributed by atoms with Gasteiger partial charge in [0.2, 0.25) is 5.91 Å². The van der Waals surface area contributed by atoms with Crippen molar-refractivity contribution in [3.05, 3.63) is 17.5 Å². The number of rotatable bonds is 5. The summed E-state index contributed by atoms with van der Waals surface area (Å²) >= 11 is 0. The third-order valence-electron chi connectivity index (χ3n) is 3.11. The molecule has 0 atom stereocenters. The molecule has 0 spiro atoms. The topological polar surface area (TPSA) is 72.4 Å². The summed E-state index contributed by atoms with van der Waals surface area (Å²) in [7, 11) is 1.74. The summed E-state index contributed by atoms with van der Waals surface area (Å²) in [5.74, 6) is 0.689. The third-order valence-corrected chi connectivity index (χ3v) is 3.11. The first kappa shape index (κ1) is 13.7. The minimum atomic E-state index is -0.770. The molecule has 0 saturated carbocycles. The van der Waals surface area contributed by atoms with E-state index in [0.717, 1.165) is 11.5 Å². The number of hydrogen-bond acceptors (Lipinski definition) is 4. The van der Waals surface area contributed by atoms with Gasteiger partial charge in [0.05, 0.1) is 12.1 Å². The molecular weight excluding hydrogens is 218 g/mol. The Morgan fingerprint density at radius 1 is 1.53 bits per heavy atom. The largest absolute Gasteiger partial charge is 0.361 e. The molecular formula is C12H21N3O2. The lowest BCUT2D eigenvalue weighted by Crippen LogP contribution is -2.53. The van der Waals surface area contributed by atoms with Gasteiger partial charge < -0.3 is 15.2 Å². The quantitative estimate of drug-likeness (QED) is 0.844. The van der Waals surface area contributed by atoms with Crippen molar-refractivity contribution in [3.63, 3.8) is 0 Å². The number of aromatic nitrogens is 1. The molecule has 0 radical (unpaired) electrons. The van der Waals surface area contributed by atoms with Crippen LogP contribution < -0.4 is 5.73 Å². The van der Waals surface area contributed by atoms with Crippen LogP contribution in [0.1, 0.15) is 38.1 Å². The third kappa shape index (κ3) is 3.06. The molecule has 1 aromatic heterocycles. The molecule has 0 aliphatic heterocycles. The Morgan fingerprint density at radius 3 is 2.53 bits per heavy atom. The SMILES string of the molecule is CCC(N)(CC)C(=O)N(C)Cc1cc(C)on1. The lowest BCUT2D eigenvalue weighted by molar-refractivity contribution is -0.136. The van der Waals surface area contributed by atoms with Gasteiger partial charge in [-0.15, -0.1) is 0 Å². The number of nitrogens with zero attached hydrogens (tertiary/aromatic N) is 2. The molecule has 2 N–H and O–H groups in total. The standard InChI is InChI=1S/C12H21N3O2/c1-5-12(13,6-2)11(16)15(4)8-10-7-9(3)17-14-10/h7H,5-6,8,13H2,1-4H3. The van der Waals surface area contributed by atoms with E-state index >= 15 is 0 Å². The van der Waals surface area contributed by atoms with Crippen molar-refractivity contribution in [3.8, 4) is 0 Å². The predicted octanol–water partition coefficient (Wildman–Crippen LogP) is 1.46.